The summed E-state index contributed by atoms with van der Waals surface area (Å²) >= 11 is 6.16. The lowest BCUT2D eigenvalue weighted by Crippen LogP contribution is -2.52. The van der Waals surface area contributed by atoms with Crippen molar-refractivity contribution in [1.82, 2.24) is 10.2 Å². The van der Waals surface area contributed by atoms with Crippen molar-refractivity contribution in [2.75, 3.05) is 0 Å². The lowest BCUT2D eigenvalue weighted by Gasteiger charge is -2.33. The molecule has 0 aromatic heterocycles. The Kier molecular flexibility index (Phi) is 9.29. The van der Waals surface area contributed by atoms with Gasteiger partial charge in [0.25, 0.3) is 0 Å². The molecule has 34 heavy (non-hydrogen) atoms. The molecule has 3 aromatic carbocycles. The van der Waals surface area contributed by atoms with Crippen molar-refractivity contribution >= 4 is 23.4 Å². The number of halogens is 1. The molecule has 1 N–H and O–H groups in total. The maximum Gasteiger partial charge on any atom is 0.243 e. The second-order valence-electron chi connectivity index (χ2n) is 8.78. The smallest absolute Gasteiger partial charge is 0.243 e. The minimum Gasteiger partial charge on any atom is -0.352 e. The highest BCUT2D eigenvalue weighted by atomic mass is 35.5. The fraction of sp³-hybridized carbons (Fsp3) is 0.310. The third kappa shape index (κ3) is 7.19. The van der Waals surface area contributed by atoms with E-state index in [-0.39, 0.29) is 24.3 Å². The van der Waals surface area contributed by atoms with Gasteiger partial charge in [0, 0.05) is 24.0 Å². The van der Waals surface area contributed by atoms with E-state index in [1.807, 2.05) is 87.5 Å². The predicted molar refractivity (Wildman–Crippen MR) is 139 cm³/mol. The summed E-state index contributed by atoms with van der Waals surface area (Å²) in [6.45, 7) is 6.40. The normalized spacial score (nSPS) is 12.6. The first-order valence-corrected chi connectivity index (χ1v) is 12.2. The fourth-order valence-corrected chi connectivity index (χ4v) is 4.10. The number of carbonyl (C=O) groups is 2. The van der Waals surface area contributed by atoms with Crippen molar-refractivity contribution in [2.24, 2.45) is 0 Å². The maximum absolute atomic E-state index is 13.7. The maximum atomic E-state index is 13.7. The summed E-state index contributed by atoms with van der Waals surface area (Å²) in [5.74, 6) is -0.239. The lowest BCUT2D eigenvalue weighted by molar-refractivity contribution is -0.141. The zero-order valence-electron chi connectivity index (χ0n) is 20.1. The Morgan fingerprint density at radius 2 is 1.62 bits per heavy atom. The Labute approximate surface area is 207 Å². The Bertz CT molecular complexity index is 1100. The van der Waals surface area contributed by atoms with E-state index >= 15 is 0 Å². The van der Waals surface area contributed by atoms with Gasteiger partial charge in [-0.05, 0) is 54.7 Å². The van der Waals surface area contributed by atoms with E-state index in [4.69, 9.17) is 11.6 Å². The van der Waals surface area contributed by atoms with Gasteiger partial charge in [0.2, 0.25) is 11.8 Å². The molecule has 4 nitrogen and oxygen atoms in total. The molecule has 0 unspecified atom stereocenters. The Morgan fingerprint density at radius 3 is 2.29 bits per heavy atom. The van der Waals surface area contributed by atoms with Gasteiger partial charge in [-0.15, -0.1) is 0 Å². The van der Waals surface area contributed by atoms with E-state index in [0.717, 1.165) is 28.7 Å². The molecule has 2 atom stereocenters. The average molecular weight is 477 g/mol. The number of amides is 2. The van der Waals surface area contributed by atoms with Crippen molar-refractivity contribution in [3.05, 3.63) is 106 Å². The van der Waals surface area contributed by atoms with Crippen molar-refractivity contribution < 1.29 is 9.59 Å². The lowest BCUT2D eigenvalue weighted by atomic mass is 10.00. The van der Waals surface area contributed by atoms with Gasteiger partial charge in [0.1, 0.15) is 6.04 Å². The molecular weight excluding hydrogens is 444 g/mol. The molecule has 0 aliphatic carbocycles. The van der Waals surface area contributed by atoms with Crippen LogP contribution in [0.25, 0.3) is 0 Å². The van der Waals surface area contributed by atoms with Crippen LogP contribution in [0.5, 0.6) is 0 Å². The average Bonchev–Trinajstić information content (AvgIpc) is 2.82. The van der Waals surface area contributed by atoms with Crippen LogP contribution >= 0.6 is 11.6 Å². The number of nitrogens with one attached hydrogen (secondary N) is 1. The third-order valence-electron chi connectivity index (χ3n) is 6.12. The molecule has 0 aliphatic heterocycles. The number of aryl methyl sites for hydroxylation is 1. The van der Waals surface area contributed by atoms with Crippen LogP contribution in [0, 0.1) is 6.92 Å². The van der Waals surface area contributed by atoms with E-state index in [1.54, 1.807) is 17.0 Å². The Morgan fingerprint density at radius 1 is 0.941 bits per heavy atom. The van der Waals surface area contributed by atoms with E-state index < -0.39 is 6.04 Å². The van der Waals surface area contributed by atoms with Crippen molar-refractivity contribution in [1.29, 1.82) is 0 Å². The van der Waals surface area contributed by atoms with Crippen LogP contribution < -0.4 is 5.32 Å². The summed E-state index contributed by atoms with van der Waals surface area (Å²) in [5.41, 5.74) is 3.95. The van der Waals surface area contributed by atoms with Gasteiger partial charge in [0.15, 0.2) is 0 Å². The van der Waals surface area contributed by atoms with Crippen LogP contribution in [0.4, 0.5) is 0 Å². The summed E-state index contributed by atoms with van der Waals surface area (Å²) in [4.78, 5) is 29.0. The first-order valence-electron chi connectivity index (χ1n) is 11.8. The van der Waals surface area contributed by atoms with Crippen LogP contribution in [0.3, 0.4) is 0 Å². The number of rotatable bonds is 10. The van der Waals surface area contributed by atoms with Gasteiger partial charge in [-0.3, -0.25) is 9.59 Å². The number of hydrogen-bond donors (Lipinski definition) is 1. The zero-order chi connectivity index (χ0) is 24.5. The molecule has 2 amide bonds. The standard InChI is InChI=1S/C29H33ClN2O2/c1-4-22(3)31-29(34)27(18-23-12-6-5-7-13-23)32(20-25-15-9-8-11-21(25)2)28(33)19-24-14-10-16-26(30)17-24/h5-17,22,27H,4,18-20H2,1-3H3,(H,31,34)/t22-,27-/m0/s1. The van der Waals surface area contributed by atoms with Gasteiger partial charge in [-0.25, -0.2) is 0 Å². The summed E-state index contributed by atoms with van der Waals surface area (Å²) < 4.78 is 0. The molecule has 0 heterocycles. The highest BCUT2D eigenvalue weighted by Gasteiger charge is 2.31. The summed E-state index contributed by atoms with van der Waals surface area (Å²) in [6.07, 6.45) is 1.43. The topological polar surface area (TPSA) is 49.4 Å². The number of benzene rings is 3. The van der Waals surface area contributed by atoms with Gasteiger partial charge >= 0.3 is 0 Å². The minimum absolute atomic E-state index is 0.0223. The van der Waals surface area contributed by atoms with Gasteiger partial charge in [-0.1, -0.05) is 85.3 Å². The molecule has 3 rings (SSSR count). The molecule has 0 aliphatic rings. The van der Waals surface area contributed by atoms with Crippen LogP contribution in [-0.2, 0) is 29.0 Å². The first-order chi connectivity index (χ1) is 16.4. The Balaban J connectivity index is 1.98. The summed E-state index contributed by atoms with van der Waals surface area (Å²) in [7, 11) is 0. The van der Waals surface area contributed by atoms with Crippen LogP contribution in [0.1, 0.15) is 42.5 Å². The SMILES string of the molecule is CC[C@H](C)NC(=O)[C@H](Cc1ccccc1)N(Cc1ccccc1C)C(=O)Cc1cccc(Cl)c1. The van der Waals surface area contributed by atoms with Crippen molar-refractivity contribution in [3.63, 3.8) is 0 Å². The second kappa shape index (κ2) is 12.4. The van der Waals surface area contributed by atoms with Gasteiger partial charge < -0.3 is 10.2 Å². The number of nitrogens with zero attached hydrogens (tertiary/aromatic N) is 1. The molecule has 0 saturated heterocycles. The monoisotopic (exact) mass is 476 g/mol. The molecule has 0 spiro atoms. The largest absolute Gasteiger partial charge is 0.352 e. The van der Waals surface area contributed by atoms with Crippen LogP contribution in [0.2, 0.25) is 5.02 Å². The molecular formula is C29H33ClN2O2. The van der Waals surface area contributed by atoms with Gasteiger partial charge in [0.05, 0.1) is 6.42 Å². The summed E-state index contributed by atoms with van der Waals surface area (Å²) in [6, 6.07) is 24.6. The quantitative estimate of drug-likeness (QED) is 0.405. The van der Waals surface area contributed by atoms with Crippen molar-refractivity contribution in [2.45, 2.75) is 58.7 Å². The Hall–Kier alpha value is -3.11. The predicted octanol–water partition coefficient (Wildman–Crippen LogP) is 5.75. The van der Waals surface area contributed by atoms with Crippen molar-refractivity contribution in [3.8, 4) is 0 Å². The molecule has 3 aromatic rings. The first kappa shape index (κ1) is 25.5. The minimum atomic E-state index is -0.636. The number of hydrogen-bond acceptors (Lipinski definition) is 2. The molecule has 178 valence electrons. The number of carbonyl (C=O) groups excluding carboxylic acids is 2. The highest BCUT2D eigenvalue weighted by Crippen LogP contribution is 2.19. The van der Waals surface area contributed by atoms with Crippen LogP contribution in [-0.4, -0.2) is 28.8 Å². The second-order valence-corrected chi connectivity index (χ2v) is 9.21. The third-order valence-corrected chi connectivity index (χ3v) is 6.35. The van der Waals surface area contributed by atoms with Crippen LogP contribution in [0.15, 0.2) is 78.9 Å². The zero-order valence-corrected chi connectivity index (χ0v) is 20.9. The van der Waals surface area contributed by atoms with E-state index in [1.165, 1.54) is 0 Å². The molecule has 5 heteroatoms. The molecule has 0 fully saturated rings. The van der Waals surface area contributed by atoms with Gasteiger partial charge in [-0.2, -0.15) is 0 Å². The van der Waals surface area contributed by atoms with E-state index in [0.29, 0.717) is 18.0 Å². The molecule has 0 radical (unpaired) electrons. The summed E-state index contributed by atoms with van der Waals surface area (Å²) in [5, 5.41) is 3.69. The van der Waals surface area contributed by atoms with E-state index in [2.05, 4.69) is 5.32 Å². The molecule has 0 saturated carbocycles. The fourth-order valence-electron chi connectivity index (χ4n) is 3.89. The molecule has 0 bridgehead atoms. The van der Waals surface area contributed by atoms with E-state index in [9.17, 15) is 9.59 Å². The highest BCUT2D eigenvalue weighted by molar-refractivity contribution is 6.30.